The lowest BCUT2D eigenvalue weighted by Gasteiger charge is -2.20. The molecule has 5 heteroatoms. The monoisotopic (exact) mass is 370 g/mol. The van der Waals surface area contributed by atoms with Crippen molar-refractivity contribution >= 4 is 27.5 Å². The van der Waals surface area contributed by atoms with Crippen molar-refractivity contribution in [2.45, 2.75) is 25.8 Å². The van der Waals surface area contributed by atoms with Crippen LogP contribution in [0.4, 0.5) is 4.39 Å². The van der Waals surface area contributed by atoms with Gasteiger partial charge in [0, 0.05) is 28.5 Å². The minimum absolute atomic E-state index is 0.0613. The Balaban J connectivity index is 2.17. The summed E-state index contributed by atoms with van der Waals surface area (Å²) in [5, 5.41) is 3.47. The van der Waals surface area contributed by atoms with Crippen LogP contribution in [0, 0.1) is 5.82 Å². The first-order valence-electron chi connectivity index (χ1n) is 6.89. The molecule has 1 atom stereocenters. The Kier molecular flexibility index (Phi) is 6.15. The summed E-state index contributed by atoms with van der Waals surface area (Å²) in [6.45, 7) is 2.78. The van der Waals surface area contributed by atoms with Crippen molar-refractivity contribution in [1.29, 1.82) is 0 Å². The summed E-state index contributed by atoms with van der Waals surface area (Å²) in [6.07, 6.45) is 5.20. The highest BCUT2D eigenvalue weighted by molar-refractivity contribution is 9.10. The highest BCUT2D eigenvalue weighted by Crippen LogP contribution is 2.31. The van der Waals surface area contributed by atoms with Gasteiger partial charge in [-0.05, 0) is 59.1 Å². The average molecular weight is 372 g/mol. The Morgan fingerprint density at radius 2 is 2.00 bits per heavy atom. The second-order valence-electron chi connectivity index (χ2n) is 4.77. The maximum absolute atomic E-state index is 14.3. The molecule has 2 aromatic rings. The molecule has 1 aromatic carbocycles. The van der Waals surface area contributed by atoms with Gasteiger partial charge < -0.3 is 5.32 Å². The molecule has 0 saturated heterocycles. The summed E-state index contributed by atoms with van der Waals surface area (Å²) >= 11 is 9.23. The van der Waals surface area contributed by atoms with E-state index in [0.29, 0.717) is 10.0 Å². The van der Waals surface area contributed by atoms with E-state index in [9.17, 15) is 4.39 Å². The molecule has 0 amide bonds. The number of pyridine rings is 1. The van der Waals surface area contributed by atoms with Gasteiger partial charge in [0.25, 0.3) is 0 Å². The zero-order chi connectivity index (χ0) is 15.2. The molecule has 0 fully saturated rings. The Morgan fingerprint density at radius 1 is 1.29 bits per heavy atom. The maximum Gasteiger partial charge on any atom is 0.147 e. The first kappa shape index (κ1) is 16.4. The standard InChI is InChI=1S/C16H17BrClFN2/c1-2-21-14(6-3-11-7-9-20-10-8-11)12-4-5-13(17)15(18)16(12)19/h4-5,7-10,14,21H,2-3,6H2,1H3. The Bertz CT molecular complexity index is 592. The van der Waals surface area contributed by atoms with Crippen molar-refractivity contribution in [3.05, 3.63) is 63.1 Å². The van der Waals surface area contributed by atoms with Gasteiger partial charge in [0.1, 0.15) is 5.82 Å². The number of rotatable bonds is 6. The molecule has 0 bridgehead atoms. The average Bonchev–Trinajstić information content (AvgIpc) is 2.51. The molecular formula is C16H17BrClFN2. The van der Waals surface area contributed by atoms with Gasteiger partial charge in [-0.2, -0.15) is 0 Å². The molecule has 0 radical (unpaired) electrons. The molecular weight excluding hydrogens is 355 g/mol. The zero-order valence-corrected chi connectivity index (χ0v) is 14.1. The van der Waals surface area contributed by atoms with Crippen LogP contribution in [0.3, 0.4) is 0 Å². The third-order valence-electron chi connectivity index (χ3n) is 3.36. The number of aromatic nitrogens is 1. The molecule has 0 spiro atoms. The number of halogens is 3. The molecule has 1 heterocycles. The van der Waals surface area contributed by atoms with Crippen molar-refractivity contribution in [2.75, 3.05) is 6.54 Å². The number of hydrogen-bond donors (Lipinski definition) is 1. The van der Waals surface area contributed by atoms with Crippen LogP contribution in [0.25, 0.3) is 0 Å². The van der Waals surface area contributed by atoms with E-state index in [4.69, 9.17) is 11.6 Å². The first-order chi connectivity index (χ1) is 10.1. The van der Waals surface area contributed by atoms with E-state index in [-0.39, 0.29) is 16.9 Å². The lowest BCUT2D eigenvalue weighted by Crippen LogP contribution is -2.22. The Hall–Kier alpha value is -0.970. The van der Waals surface area contributed by atoms with Gasteiger partial charge in [0.05, 0.1) is 5.02 Å². The minimum Gasteiger partial charge on any atom is -0.310 e. The number of nitrogens with one attached hydrogen (secondary N) is 1. The van der Waals surface area contributed by atoms with Crippen molar-refractivity contribution in [2.24, 2.45) is 0 Å². The summed E-state index contributed by atoms with van der Waals surface area (Å²) in [5.74, 6) is -0.355. The largest absolute Gasteiger partial charge is 0.310 e. The van der Waals surface area contributed by atoms with Crippen LogP contribution in [0.2, 0.25) is 5.02 Å². The van der Waals surface area contributed by atoms with Crippen LogP contribution in [-0.4, -0.2) is 11.5 Å². The van der Waals surface area contributed by atoms with E-state index in [2.05, 4.69) is 26.2 Å². The molecule has 0 aliphatic rings. The van der Waals surface area contributed by atoms with Gasteiger partial charge in [-0.15, -0.1) is 0 Å². The molecule has 21 heavy (non-hydrogen) atoms. The van der Waals surface area contributed by atoms with Crippen LogP contribution < -0.4 is 5.32 Å². The van der Waals surface area contributed by atoms with E-state index in [1.165, 1.54) is 5.56 Å². The lowest BCUT2D eigenvalue weighted by atomic mass is 9.99. The molecule has 1 N–H and O–H groups in total. The molecule has 2 nitrogen and oxygen atoms in total. The minimum atomic E-state index is -0.355. The number of hydrogen-bond acceptors (Lipinski definition) is 2. The molecule has 0 aliphatic heterocycles. The van der Waals surface area contributed by atoms with E-state index < -0.39 is 0 Å². The van der Waals surface area contributed by atoms with Crippen molar-refractivity contribution in [1.82, 2.24) is 10.3 Å². The molecule has 1 aromatic heterocycles. The van der Waals surface area contributed by atoms with Gasteiger partial charge in [0.2, 0.25) is 0 Å². The SMILES string of the molecule is CCNC(CCc1ccncc1)c1ccc(Br)c(Cl)c1F. The summed E-state index contributed by atoms with van der Waals surface area (Å²) < 4.78 is 14.9. The van der Waals surface area contributed by atoms with E-state index in [1.807, 2.05) is 19.1 Å². The predicted octanol–water partition coefficient (Wildman–Crippen LogP) is 4.92. The quantitative estimate of drug-likeness (QED) is 0.729. The van der Waals surface area contributed by atoms with Crippen LogP contribution in [0.1, 0.15) is 30.5 Å². The second kappa shape index (κ2) is 7.87. The Morgan fingerprint density at radius 3 is 2.67 bits per heavy atom. The molecule has 0 aliphatic carbocycles. The van der Waals surface area contributed by atoms with Crippen molar-refractivity contribution in [3.8, 4) is 0 Å². The smallest absolute Gasteiger partial charge is 0.147 e. The third kappa shape index (κ3) is 4.25. The van der Waals surface area contributed by atoms with Crippen LogP contribution in [0.5, 0.6) is 0 Å². The molecule has 112 valence electrons. The third-order valence-corrected chi connectivity index (χ3v) is 4.62. The van der Waals surface area contributed by atoms with Crippen LogP contribution >= 0.6 is 27.5 Å². The van der Waals surface area contributed by atoms with Crippen LogP contribution in [-0.2, 0) is 6.42 Å². The predicted molar refractivity (Wildman–Crippen MR) is 88.1 cm³/mol. The summed E-state index contributed by atoms with van der Waals surface area (Å²) in [4.78, 5) is 4.00. The molecule has 2 rings (SSSR count). The summed E-state index contributed by atoms with van der Waals surface area (Å²) in [7, 11) is 0. The zero-order valence-electron chi connectivity index (χ0n) is 11.7. The molecule has 1 unspecified atom stereocenters. The number of aryl methyl sites for hydroxylation is 1. The van der Waals surface area contributed by atoms with Gasteiger partial charge >= 0.3 is 0 Å². The summed E-state index contributed by atoms with van der Waals surface area (Å²) in [5.41, 5.74) is 1.80. The lowest BCUT2D eigenvalue weighted by molar-refractivity contribution is 0.485. The Labute approximate surface area is 137 Å². The van der Waals surface area contributed by atoms with Crippen molar-refractivity contribution in [3.63, 3.8) is 0 Å². The van der Waals surface area contributed by atoms with Crippen LogP contribution in [0.15, 0.2) is 41.1 Å². The van der Waals surface area contributed by atoms with Crippen molar-refractivity contribution < 1.29 is 4.39 Å². The highest BCUT2D eigenvalue weighted by Gasteiger charge is 2.18. The normalized spacial score (nSPS) is 12.4. The first-order valence-corrected chi connectivity index (χ1v) is 8.06. The van der Waals surface area contributed by atoms with Gasteiger partial charge in [-0.3, -0.25) is 4.98 Å². The fourth-order valence-electron chi connectivity index (χ4n) is 2.28. The number of benzene rings is 1. The van der Waals surface area contributed by atoms with E-state index in [0.717, 1.165) is 19.4 Å². The topological polar surface area (TPSA) is 24.9 Å². The van der Waals surface area contributed by atoms with Gasteiger partial charge in [-0.1, -0.05) is 24.6 Å². The second-order valence-corrected chi connectivity index (χ2v) is 6.00. The highest BCUT2D eigenvalue weighted by atomic mass is 79.9. The van der Waals surface area contributed by atoms with Gasteiger partial charge in [0.15, 0.2) is 0 Å². The van der Waals surface area contributed by atoms with E-state index >= 15 is 0 Å². The molecule has 0 saturated carbocycles. The van der Waals surface area contributed by atoms with Gasteiger partial charge in [-0.25, -0.2) is 4.39 Å². The fourth-order valence-corrected chi connectivity index (χ4v) is 2.76. The van der Waals surface area contributed by atoms with E-state index in [1.54, 1.807) is 24.5 Å². The number of nitrogens with zero attached hydrogens (tertiary/aromatic N) is 1. The fraction of sp³-hybridized carbons (Fsp3) is 0.312. The maximum atomic E-state index is 14.3. The summed E-state index contributed by atoms with van der Waals surface area (Å²) in [6, 6.07) is 7.47.